The largest absolute Gasteiger partial charge is 0.384 e. The van der Waals surface area contributed by atoms with Gasteiger partial charge < -0.3 is 11.1 Å². The van der Waals surface area contributed by atoms with E-state index in [0.29, 0.717) is 5.82 Å². The fourth-order valence-corrected chi connectivity index (χ4v) is 2.11. The molecular formula is C15H19FN4. The number of nitrogens with two attached hydrogens (primary N) is 1. The smallest absolute Gasteiger partial charge is 0.183 e. The van der Waals surface area contributed by atoms with Gasteiger partial charge in [-0.15, -0.1) is 0 Å². The molecular weight excluding hydrogens is 255 g/mol. The summed E-state index contributed by atoms with van der Waals surface area (Å²) in [6.07, 6.45) is 8.11. The van der Waals surface area contributed by atoms with Crippen LogP contribution in [0.4, 0.5) is 10.2 Å². The number of aromatic nitrogens is 2. The molecule has 20 heavy (non-hydrogen) atoms. The van der Waals surface area contributed by atoms with E-state index in [9.17, 15) is 4.39 Å². The zero-order valence-corrected chi connectivity index (χ0v) is 11.9. The Morgan fingerprint density at radius 3 is 2.90 bits per heavy atom. The number of hydrogen-bond acceptors (Lipinski definition) is 4. The van der Waals surface area contributed by atoms with Gasteiger partial charge in [0.25, 0.3) is 0 Å². The lowest BCUT2D eigenvalue weighted by Gasteiger charge is -2.11. The zero-order chi connectivity index (χ0) is 14.7. The van der Waals surface area contributed by atoms with E-state index >= 15 is 0 Å². The first-order valence-electron chi connectivity index (χ1n) is 6.68. The summed E-state index contributed by atoms with van der Waals surface area (Å²) in [4.78, 5) is 8.05. The maximum absolute atomic E-state index is 13.2. The van der Waals surface area contributed by atoms with Crippen molar-refractivity contribution in [3.05, 3.63) is 47.3 Å². The van der Waals surface area contributed by atoms with Crippen molar-refractivity contribution in [2.75, 3.05) is 5.73 Å². The Morgan fingerprint density at radius 1 is 1.55 bits per heavy atom. The minimum Gasteiger partial charge on any atom is -0.384 e. The highest BCUT2D eigenvalue weighted by Crippen LogP contribution is 2.29. The highest BCUT2D eigenvalue weighted by Gasteiger charge is 2.23. The molecule has 1 unspecified atom stereocenters. The van der Waals surface area contributed by atoms with Crippen molar-refractivity contribution in [2.45, 2.75) is 33.2 Å². The molecule has 0 fully saturated rings. The Balaban J connectivity index is 2.42. The second-order valence-corrected chi connectivity index (χ2v) is 4.69. The summed E-state index contributed by atoms with van der Waals surface area (Å²) < 4.78 is 13.2. The average Bonchev–Trinajstić information content (AvgIpc) is 2.80. The molecule has 2 rings (SSSR count). The van der Waals surface area contributed by atoms with E-state index in [4.69, 9.17) is 5.73 Å². The van der Waals surface area contributed by atoms with Crippen molar-refractivity contribution < 1.29 is 4.39 Å². The van der Waals surface area contributed by atoms with Gasteiger partial charge in [-0.25, -0.2) is 14.4 Å². The Morgan fingerprint density at radius 2 is 2.30 bits per heavy atom. The lowest BCUT2D eigenvalue weighted by molar-refractivity contribution is 0.618. The molecule has 106 valence electrons. The topological polar surface area (TPSA) is 63.8 Å². The van der Waals surface area contributed by atoms with Crippen molar-refractivity contribution in [1.29, 1.82) is 0 Å². The van der Waals surface area contributed by atoms with Crippen molar-refractivity contribution in [3.63, 3.8) is 0 Å². The fourth-order valence-electron chi connectivity index (χ4n) is 2.11. The Bertz CT molecular complexity index is 602. The summed E-state index contributed by atoms with van der Waals surface area (Å²) in [5.41, 5.74) is 8.70. The fraction of sp³-hybridized carbons (Fsp3) is 0.333. The van der Waals surface area contributed by atoms with Gasteiger partial charge in [-0.05, 0) is 25.8 Å². The maximum Gasteiger partial charge on any atom is 0.183 e. The minimum absolute atomic E-state index is 0.128. The van der Waals surface area contributed by atoms with Gasteiger partial charge in [0.05, 0.1) is 6.20 Å². The van der Waals surface area contributed by atoms with Gasteiger partial charge in [-0.1, -0.05) is 24.6 Å². The average molecular weight is 274 g/mol. The van der Waals surface area contributed by atoms with Crippen LogP contribution in [0.2, 0.25) is 0 Å². The summed E-state index contributed by atoms with van der Waals surface area (Å²) in [5, 5.41) is 3.23. The van der Waals surface area contributed by atoms with Gasteiger partial charge >= 0.3 is 0 Å². The van der Waals surface area contributed by atoms with Crippen LogP contribution < -0.4 is 11.1 Å². The Hall–Kier alpha value is -2.17. The summed E-state index contributed by atoms with van der Waals surface area (Å²) in [6, 6.07) is 0.168. The molecule has 1 aliphatic heterocycles. The van der Waals surface area contributed by atoms with Crippen LogP contribution in [-0.2, 0) is 0 Å². The molecule has 0 saturated carbocycles. The van der Waals surface area contributed by atoms with Crippen LogP contribution in [-0.4, -0.2) is 16.0 Å². The molecule has 5 heteroatoms. The second-order valence-electron chi connectivity index (χ2n) is 4.69. The van der Waals surface area contributed by atoms with Crippen molar-refractivity contribution >= 4 is 11.4 Å². The molecule has 0 radical (unpaired) electrons. The molecule has 1 atom stereocenters. The highest BCUT2D eigenvalue weighted by molar-refractivity contribution is 5.80. The van der Waals surface area contributed by atoms with E-state index in [1.165, 1.54) is 5.57 Å². The SMILES string of the molecule is C/C=C(\C=C1\C(c2ncc(F)c(N)n2)=CNC1C)CC. The normalized spacial score (nSPS) is 21.0. The summed E-state index contributed by atoms with van der Waals surface area (Å²) in [6.45, 7) is 6.18. The van der Waals surface area contributed by atoms with Gasteiger partial charge in [0, 0.05) is 17.8 Å². The first-order chi connectivity index (χ1) is 9.56. The number of anilines is 1. The lowest BCUT2D eigenvalue weighted by Crippen LogP contribution is -2.16. The van der Waals surface area contributed by atoms with Gasteiger partial charge in [0.2, 0.25) is 0 Å². The predicted molar refractivity (Wildman–Crippen MR) is 79.1 cm³/mol. The molecule has 3 N–H and O–H groups in total. The third kappa shape index (κ3) is 2.71. The van der Waals surface area contributed by atoms with Crippen LogP contribution in [0.5, 0.6) is 0 Å². The Labute approximate surface area is 118 Å². The third-order valence-corrected chi connectivity index (χ3v) is 3.39. The second kappa shape index (κ2) is 5.86. The maximum atomic E-state index is 13.2. The predicted octanol–water partition coefficient (Wildman–Crippen LogP) is 2.81. The third-order valence-electron chi connectivity index (χ3n) is 3.39. The van der Waals surface area contributed by atoms with Gasteiger partial charge in [0.15, 0.2) is 17.5 Å². The molecule has 1 aliphatic rings. The van der Waals surface area contributed by atoms with Crippen LogP contribution in [0.25, 0.3) is 5.57 Å². The summed E-state index contributed by atoms with van der Waals surface area (Å²) in [7, 11) is 0. The van der Waals surface area contributed by atoms with E-state index in [-0.39, 0.29) is 11.9 Å². The zero-order valence-electron chi connectivity index (χ0n) is 11.9. The van der Waals surface area contributed by atoms with Crippen LogP contribution in [0.3, 0.4) is 0 Å². The van der Waals surface area contributed by atoms with Gasteiger partial charge in [-0.2, -0.15) is 0 Å². The number of nitrogens with zero attached hydrogens (tertiary/aromatic N) is 2. The molecule has 0 saturated heterocycles. The van der Waals surface area contributed by atoms with Gasteiger partial charge in [-0.3, -0.25) is 0 Å². The van der Waals surface area contributed by atoms with E-state index in [0.717, 1.165) is 23.8 Å². The van der Waals surface area contributed by atoms with E-state index in [2.05, 4.69) is 41.3 Å². The number of nitrogens with one attached hydrogen (secondary N) is 1. The Kier molecular flexibility index (Phi) is 4.17. The number of halogens is 1. The van der Waals surface area contributed by atoms with Gasteiger partial charge in [0.1, 0.15) is 0 Å². The number of nitrogen functional groups attached to an aromatic ring is 1. The number of rotatable bonds is 3. The minimum atomic E-state index is -0.596. The quantitative estimate of drug-likeness (QED) is 0.889. The number of hydrogen-bond donors (Lipinski definition) is 2. The van der Waals surface area contributed by atoms with Crippen LogP contribution in [0.1, 0.15) is 33.0 Å². The van der Waals surface area contributed by atoms with E-state index in [1.54, 1.807) is 0 Å². The molecule has 1 aromatic rings. The van der Waals surface area contributed by atoms with Crippen molar-refractivity contribution in [1.82, 2.24) is 15.3 Å². The monoisotopic (exact) mass is 274 g/mol. The van der Waals surface area contributed by atoms with Crippen molar-refractivity contribution in [2.24, 2.45) is 0 Å². The molecule has 0 bridgehead atoms. The molecule has 0 amide bonds. The van der Waals surface area contributed by atoms with Crippen LogP contribution in [0, 0.1) is 5.82 Å². The molecule has 0 spiro atoms. The molecule has 4 nitrogen and oxygen atoms in total. The van der Waals surface area contributed by atoms with E-state index in [1.807, 2.05) is 13.1 Å². The summed E-state index contributed by atoms with van der Waals surface area (Å²) >= 11 is 0. The van der Waals surface area contributed by atoms with Crippen molar-refractivity contribution in [3.8, 4) is 0 Å². The van der Waals surface area contributed by atoms with Crippen LogP contribution >= 0.6 is 0 Å². The first-order valence-corrected chi connectivity index (χ1v) is 6.68. The van der Waals surface area contributed by atoms with Crippen LogP contribution in [0.15, 0.2) is 35.7 Å². The van der Waals surface area contributed by atoms with E-state index < -0.39 is 5.82 Å². The first kappa shape index (κ1) is 14.2. The highest BCUT2D eigenvalue weighted by atomic mass is 19.1. The molecule has 0 aromatic carbocycles. The lowest BCUT2D eigenvalue weighted by atomic mass is 9.99. The molecule has 2 heterocycles. The molecule has 0 aliphatic carbocycles. The standard InChI is InChI=1S/C15H19FN4/c1-4-10(5-2)6-11-9(3)18-7-12(11)15-19-8-13(16)14(17)20-15/h4,6-9,18H,5H2,1-3H3,(H2,17,19,20)/b10-4-,11-6+. The number of allylic oxidation sites excluding steroid dienone is 3. The summed E-state index contributed by atoms with van der Waals surface area (Å²) in [5.74, 6) is -0.281. The molecule has 1 aromatic heterocycles.